The number of thiazole rings is 1. The molecule has 3 amide bonds. The van der Waals surface area contributed by atoms with Crippen molar-refractivity contribution in [3.8, 4) is 21.9 Å². The summed E-state index contributed by atoms with van der Waals surface area (Å²) in [5.74, 6) is -0.408. The van der Waals surface area contributed by atoms with Crippen LogP contribution in [0.3, 0.4) is 0 Å². The van der Waals surface area contributed by atoms with Gasteiger partial charge < -0.3 is 59.1 Å². The van der Waals surface area contributed by atoms with Gasteiger partial charge in [0.25, 0.3) is 0 Å². The normalized spacial score (nSPS) is 15.2. The number of hydrogen-bond donors (Lipinski definition) is 4. The molecule has 70 heavy (non-hydrogen) atoms. The number of nitrogens with zero attached hydrogens (tertiary/aromatic N) is 4. The molecule has 3 heterocycles. The third-order valence-corrected chi connectivity index (χ3v) is 12.3. The number of nitrogens with one attached hydrogen (secondary N) is 3. The van der Waals surface area contributed by atoms with Crippen LogP contribution in [0.5, 0.6) is 11.5 Å². The van der Waals surface area contributed by atoms with E-state index in [4.69, 9.17) is 44.8 Å². The number of carbonyl (C=O) groups excluding carboxylic acids is 3. The summed E-state index contributed by atoms with van der Waals surface area (Å²) in [6, 6.07) is 13.8. The number of fused-ring (bicyclic) bond motifs is 1. The quantitative estimate of drug-likeness (QED) is 0.0453. The molecule has 1 aliphatic heterocycles. The number of benzene rings is 3. The zero-order valence-corrected chi connectivity index (χ0v) is 41.5. The molecule has 378 valence electrons. The van der Waals surface area contributed by atoms with Crippen molar-refractivity contribution < 1.29 is 57.0 Å². The third kappa shape index (κ3) is 15.7. The lowest BCUT2D eigenvalue weighted by molar-refractivity contribution is -0.144. The first-order chi connectivity index (χ1) is 33.7. The van der Waals surface area contributed by atoms with E-state index < -0.39 is 41.2 Å². The summed E-state index contributed by atoms with van der Waals surface area (Å²) in [4.78, 5) is 55.7. The molecule has 2 aromatic heterocycles. The molecule has 1 fully saturated rings. The van der Waals surface area contributed by atoms with Gasteiger partial charge in [-0.2, -0.15) is 0 Å². The van der Waals surface area contributed by atoms with Crippen molar-refractivity contribution >= 4 is 63.1 Å². The van der Waals surface area contributed by atoms with Gasteiger partial charge in [0.05, 0.1) is 99.3 Å². The lowest BCUT2D eigenvalue weighted by Gasteiger charge is -2.35. The molecule has 0 radical (unpaired) electrons. The Bertz CT molecular complexity index is 2500. The van der Waals surface area contributed by atoms with Crippen molar-refractivity contribution in [2.75, 3.05) is 91.6 Å². The highest BCUT2D eigenvalue weighted by molar-refractivity contribution is 7.13. The number of hydrogen-bond acceptors (Lipinski definition) is 16. The van der Waals surface area contributed by atoms with Gasteiger partial charge >= 0.3 is 0 Å². The van der Waals surface area contributed by atoms with Crippen LogP contribution < -0.4 is 25.4 Å². The molecule has 0 spiro atoms. The van der Waals surface area contributed by atoms with E-state index in [1.807, 2.05) is 52.0 Å². The number of likely N-dealkylation sites (tertiary alicyclic amines) is 1. The standard InChI is InChI=1S/C49H61ClFN7O11S/c1-31-44(70-30-55-31)33-8-6-32(7-9-33)26-52-47(61)40-23-35(59)27-58(40)48(62)45(49(2,3)4)57-43(60)28-68-19-18-66-15-14-64-12-13-65-16-17-67-20-21-69-42-24-36-39(25-41(42)63-5)53-29-54-46(36)56-34-10-11-38(51)37(50)22-34/h6-11,22,24-25,29-30,35,40,45,59H,12-21,23,26-28H2,1-5H3,(H,52,61)(H,57,60)(H,53,54,56)/t35?,40?,45-/m1/s1. The molecule has 2 unspecified atom stereocenters. The molecule has 0 saturated carbocycles. The van der Waals surface area contributed by atoms with E-state index in [2.05, 4.69) is 30.9 Å². The smallest absolute Gasteiger partial charge is 0.246 e. The number of carbonyl (C=O) groups is 3. The minimum absolute atomic E-state index is 0.0135. The lowest BCUT2D eigenvalue weighted by Crippen LogP contribution is -2.58. The number of methoxy groups -OCH3 is 1. The highest BCUT2D eigenvalue weighted by atomic mass is 35.5. The maximum Gasteiger partial charge on any atom is 0.246 e. The zero-order chi connectivity index (χ0) is 50.0. The molecule has 0 bridgehead atoms. The molecule has 4 N–H and O–H groups in total. The topological polar surface area (TPSA) is 214 Å². The first kappa shape index (κ1) is 53.8. The van der Waals surface area contributed by atoms with E-state index >= 15 is 0 Å². The predicted octanol–water partition coefficient (Wildman–Crippen LogP) is 5.88. The second kappa shape index (κ2) is 26.6. The average Bonchev–Trinajstić information content (AvgIpc) is 3.96. The molecular weight excluding hydrogens is 949 g/mol. The van der Waals surface area contributed by atoms with E-state index in [0.717, 1.165) is 21.7 Å². The number of anilines is 2. The van der Waals surface area contributed by atoms with Crippen LogP contribution in [0.15, 0.2) is 66.4 Å². The first-order valence-corrected chi connectivity index (χ1v) is 24.1. The van der Waals surface area contributed by atoms with Gasteiger partial charge in [-0.25, -0.2) is 19.3 Å². The fraction of sp³-hybridized carbons (Fsp3) is 0.469. The third-order valence-electron chi connectivity index (χ3n) is 11.0. The highest BCUT2D eigenvalue weighted by Gasteiger charge is 2.44. The molecule has 1 saturated heterocycles. The Morgan fingerprint density at radius 1 is 0.871 bits per heavy atom. The van der Waals surface area contributed by atoms with Crippen molar-refractivity contribution in [3.63, 3.8) is 0 Å². The molecule has 5 aromatic rings. The number of aryl methyl sites for hydroxylation is 1. The second-order valence-electron chi connectivity index (χ2n) is 17.3. The van der Waals surface area contributed by atoms with Crippen LogP contribution in [-0.2, 0) is 44.6 Å². The lowest BCUT2D eigenvalue weighted by atomic mass is 9.85. The Balaban J connectivity index is 0.792. The van der Waals surface area contributed by atoms with Crippen LogP contribution in [0, 0.1) is 18.2 Å². The van der Waals surface area contributed by atoms with E-state index in [1.165, 1.54) is 30.5 Å². The molecule has 1 aliphatic rings. The molecule has 18 nitrogen and oxygen atoms in total. The Morgan fingerprint density at radius 2 is 1.53 bits per heavy atom. The van der Waals surface area contributed by atoms with Crippen LogP contribution in [0.2, 0.25) is 5.02 Å². The monoisotopic (exact) mass is 1010 g/mol. The van der Waals surface area contributed by atoms with Crippen LogP contribution in [-0.4, -0.2) is 147 Å². The summed E-state index contributed by atoms with van der Waals surface area (Å²) in [7, 11) is 1.54. The van der Waals surface area contributed by atoms with E-state index in [-0.39, 0.29) is 56.9 Å². The molecule has 21 heteroatoms. The number of rotatable bonds is 27. The Kier molecular flexibility index (Phi) is 20.4. The fourth-order valence-corrected chi connectivity index (χ4v) is 8.38. The Labute approximate surface area is 415 Å². The number of aliphatic hydroxyl groups excluding tert-OH is 1. The first-order valence-electron chi connectivity index (χ1n) is 22.8. The minimum atomic E-state index is -0.975. The van der Waals surface area contributed by atoms with Gasteiger partial charge in [-0.05, 0) is 47.7 Å². The number of aliphatic hydroxyl groups is 1. The average molecular weight is 1010 g/mol. The van der Waals surface area contributed by atoms with Gasteiger partial charge in [-0.15, -0.1) is 11.3 Å². The molecule has 0 aliphatic carbocycles. The summed E-state index contributed by atoms with van der Waals surface area (Å²) in [6.45, 7) is 10.3. The van der Waals surface area contributed by atoms with Gasteiger partial charge in [0, 0.05) is 36.7 Å². The Morgan fingerprint density at radius 3 is 2.14 bits per heavy atom. The van der Waals surface area contributed by atoms with Gasteiger partial charge in [0.15, 0.2) is 11.5 Å². The summed E-state index contributed by atoms with van der Waals surface area (Å²) in [5.41, 5.74) is 5.16. The Hall–Kier alpha value is -5.58. The van der Waals surface area contributed by atoms with Crippen molar-refractivity contribution in [2.45, 2.75) is 58.8 Å². The van der Waals surface area contributed by atoms with Crippen LogP contribution in [0.25, 0.3) is 21.3 Å². The molecular formula is C49H61ClFN7O11S. The largest absolute Gasteiger partial charge is 0.493 e. The highest BCUT2D eigenvalue weighted by Crippen LogP contribution is 2.35. The minimum Gasteiger partial charge on any atom is -0.493 e. The van der Waals surface area contributed by atoms with Crippen molar-refractivity contribution in [2.24, 2.45) is 5.41 Å². The zero-order valence-electron chi connectivity index (χ0n) is 40.0. The number of ether oxygens (including phenoxy) is 7. The molecule has 3 atom stereocenters. The van der Waals surface area contributed by atoms with Gasteiger partial charge in [0.2, 0.25) is 17.7 Å². The SMILES string of the molecule is COc1cc2ncnc(Nc3ccc(F)c(Cl)c3)c2cc1OCCOCCOCCOCCOCCOCC(=O)N[C@H](C(=O)N1CC(O)CC1C(=O)NCc1ccc(-c2scnc2C)cc1)C(C)(C)C. The van der Waals surface area contributed by atoms with Crippen molar-refractivity contribution in [1.29, 1.82) is 0 Å². The summed E-state index contributed by atoms with van der Waals surface area (Å²) in [5, 5.41) is 20.0. The molecule has 6 rings (SSSR count). The number of amides is 3. The summed E-state index contributed by atoms with van der Waals surface area (Å²) >= 11 is 7.51. The maximum absolute atomic E-state index is 13.9. The van der Waals surface area contributed by atoms with Gasteiger partial charge in [-0.3, -0.25) is 14.4 Å². The van der Waals surface area contributed by atoms with Crippen molar-refractivity contribution in [1.82, 2.24) is 30.5 Å². The summed E-state index contributed by atoms with van der Waals surface area (Å²) in [6.07, 6.45) is 0.620. The van der Waals surface area contributed by atoms with Gasteiger partial charge in [-0.1, -0.05) is 56.6 Å². The van der Waals surface area contributed by atoms with Gasteiger partial charge in [0.1, 0.15) is 43.3 Å². The van der Waals surface area contributed by atoms with Crippen LogP contribution >= 0.6 is 22.9 Å². The maximum atomic E-state index is 13.9. The number of halogens is 2. The molecule has 3 aromatic carbocycles. The van der Waals surface area contributed by atoms with Crippen LogP contribution in [0.1, 0.15) is 38.4 Å². The van der Waals surface area contributed by atoms with E-state index in [9.17, 15) is 23.9 Å². The van der Waals surface area contributed by atoms with E-state index in [0.29, 0.717) is 80.2 Å². The van der Waals surface area contributed by atoms with E-state index in [1.54, 1.807) is 35.0 Å². The number of aromatic nitrogens is 3. The van der Waals surface area contributed by atoms with Crippen LogP contribution in [0.4, 0.5) is 15.9 Å². The fourth-order valence-electron chi connectivity index (χ4n) is 7.38. The predicted molar refractivity (Wildman–Crippen MR) is 262 cm³/mol. The van der Waals surface area contributed by atoms with Crippen molar-refractivity contribution in [3.05, 3.63) is 88.5 Å². The summed E-state index contributed by atoms with van der Waals surface area (Å²) < 4.78 is 53.0. The number of β-amino-alcohol motifs (C(OH)–C–C–N with tert-alkyl or cyclic N) is 1. The second-order valence-corrected chi connectivity index (χ2v) is 18.6.